The third-order valence-electron chi connectivity index (χ3n) is 2.16. The lowest BCUT2D eigenvalue weighted by Gasteiger charge is -2.15. The van der Waals surface area contributed by atoms with E-state index in [9.17, 15) is 0 Å². The van der Waals surface area contributed by atoms with Gasteiger partial charge in [0.2, 0.25) is 0 Å². The number of halogens is 2. The van der Waals surface area contributed by atoms with Gasteiger partial charge in [0.25, 0.3) is 0 Å². The Morgan fingerprint density at radius 1 is 1.40 bits per heavy atom. The fourth-order valence-corrected chi connectivity index (χ4v) is 1.76. The Labute approximate surface area is 99.2 Å². The molecule has 1 aromatic rings. The molecule has 1 unspecified atom stereocenters. The van der Waals surface area contributed by atoms with Gasteiger partial charge in [-0.15, -0.1) is 0 Å². The van der Waals surface area contributed by atoms with Crippen molar-refractivity contribution in [2.75, 3.05) is 18.9 Å². The summed E-state index contributed by atoms with van der Waals surface area (Å²) < 4.78 is 0. The van der Waals surface area contributed by atoms with E-state index in [4.69, 9.17) is 34.0 Å². The summed E-state index contributed by atoms with van der Waals surface area (Å²) >= 11 is 11.8. The summed E-state index contributed by atoms with van der Waals surface area (Å²) in [6.45, 7) is 2.59. The van der Waals surface area contributed by atoms with Crippen molar-refractivity contribution in [3.63, 3.8) is 0 Å². The van der Waals surface area contributed by atoms with Crippen LogP contribution in [-0.2, 0) is 0 Å². The first-order valence-electron chi connectivity index (χ1n) is 4.65. The van der Waals surface area contributed by atoms with Gasteiger partial charge in [-0.05, 0) is 24.6 Å². The van der Waals surface area contributed by atoms with Gasteiger partial charge >= 0.3 is 0 Å². The molecule has 0 heterocycles. The summed E-state index contributed by atoms with van der Waals surface area (Å²) in [5, 5.41) is 12.7. The standard InChI is InChI=1S/C10H14Cl2N2O/c1-6(14-2-3-15)7-4-8(11)10(13)9(12)5-7/h4-6,14-15H,2-3,13H2,1H3. The number of anilines is 1. The third kappa shape index (κ3) is 3.24. The molecule has 0 amide bonds. The van der Waals surface area contributed by atoms with Crippen LogP contribution in [0.2, 0.25) is 10.0 Å². The lowest BCUT2D eigenvalue weighted by Crippen LogP contribution is -2.22. The minimum atomic E-state index is 0.0766. The zero-order chi connectivity index (χ0) is 11.4. The molecule has 15 heavy (non-hydrogen) atoms. The van der Waals surface area contributed by atoms with Crippen LogP contribution in [0.3, 0.4) is 0 Å². The molecule has 1 aromatic carbocycles. The molecule has 0 aliphatic heterocycles. The molecule has 3 nitrogen and oxygen atoms in total. The highest BCUT2D eigenvalue weighted by Gasteiger charge is 2.09. The van der Waals surface area contributed by atoms with Gasteiger partial charge in [0.1, 0.15) is 0 Å². The fourth-order valence-electron chi connectivity index (χ4n) is 1.25. The molecule has 0 fully saturated rings. The van der Waals surface area contributed by atoms with Gasteiger partial charge in [0.15, 0.2) is 0 Å². The second-order valence-corrected chi connectivity index (χ2v) is 4.11. The normalized spacial score (nSPS) is 12.8. The maximum atomic E-state index is 8.68. The highest BCUT2D eigenvalue weighted by molar-refractivity contribution is 6.38. The van der Waals surface area contributed by atoms with E-state index in [-0.39, 0.29) is 12.6 Å². The van der Waals surface area contributed by atoms with Crippen molar-refractivity contribution in [3.8, 4) is 0 Å². The van der Waals surface area contributed by atoms with Gasteiger partial charge in [-0.2, -0.15) is 0 Å². The number of nitrogen functional groups attached to an aromatic ring is 1. The predicted molar refractivity (Wildman–Crippen MR) is 64.4 cm³/mol. The summed E-state index contributed by atoms with van der Waals surface area (Å²) in [6.07, 6.45) is 0. The fraction of sp³-hybridized carbons (Fsp3) is 0.400. The molecule has 5 heteroatoms. The molecule has 0 saturated carbocycles. The van der Waals surface area contributed by atoms with Crippen LogP contribution in [0.15, 0.2) is 12.1 Å². The Balaban J connectivity index is 2.86. The Morgan fingerprint density at radius 3 is 2.40 bits per heavy atom. The quantitative estimate of drug-likeness (QED) is 0.717. The molecule has 0 aliphatic carbocycles. The molecular weight excluding hydrogens is 235 g/mol. The van der Waals surface area contributed by atoms with Crippen LogP contribution >= 0.6 is 23.2 Å². The van der Waals surface area contributed by atoms with E-state index in [1.165, 1.54) is 0 Å². The van der Waals surface area contributed by atoms with E-state index in [2.05, 4.69) is 5.32 Å². The van der Waals surface area contributed by atoms with Gasteiger partial charge in [-0.1, -0.05) is 23.2 Å². The molecule has 0 spiro atoms. The summed E-state index contributed by atoms with van der Waals surface area (Å²) in [4.78, 5) is 0. The van der Waals surface area contributed by atoms with Crippen LogP contribution < -0.4 is 11.1 Å². The van der Waals surface area contributed by atoms with Crippen molar-refractivity contribution in [2.45, 2.75) is 13.0 Å². The van der Waals surface area contributed by atoms with E-state index < -0.39 is 0 Å². The number of nitrogens with two attached hydrogens (primary N) is 1. The number of hydrogen-bond acceptors (Lipinski definition) is 3. The average molecular weight is 249 g/mol. The van der Waals surface area contributed by atoms with Crippen LogP contribution in [0.4, 0.5) is 5.69 Å². The highest BCUT2D eigenvalue weighted by Crippen LogP contribution is 2.30. The second-order valence-electron chi connectivity index (χ2n) is 3.30. The summed E-state index contributed by atoms with van der Waals surface area (Å²) in [7, 11) is 0. The summed E-state index contributed by atoms with van der Waals surface area (Å²) in [5.74, 6) is 0. The molecule has 1 atom stereocenters. The largest absolute Gasteiger partial charge is 0.396 e. The Morgan fingerprint density at radius 2 is 1.93 bits per heavy atom. The van der Waals surface area contributed by atoms with Gasteiger partial charge in [-0.25, -0.2) is 0 Å². The molecule has 0 bridgehead atoms. The molecular formula is C10H14Cl2N2O. The minimum Gasteiger partial charge on any atom is -0.396 e. The second kappa shape index (κ2) is 5.56. The van der Waals surface area contributed by atoms with Crippen LogP contribution in [0.25, 0.3) is 0 Å². The Hall–Kier alpha value is -0.480. The van der Waals surface area contributed by atoms with Crippen LogP contribution in [0, 0.1) is 0 Å². The molecule has 84 valence electrons. The van der Waals surface area contributed by atoms with E-state index in [0.29, 0.717) is 22.3 Å². The predicted octanol–water partition coefficient (Wildman–Crippen LogP) is 2.22. The van der Waals surface area contributed by atoms with Crippen molar-refractivity contribution in [3.05, 3.63) is 27.7 Å². The van der Waals surface area contributed by atoms with Crippen molar-refractivity contribution >= 4 is 28.9 Å². The van der Waals surface area contributed by atoms with E-state index in [0.717, 1.165) is 5.56 Å². The molecule has 0 saturated heterocycles. The van der Waals surface area contributed by atoms with Crippen molar-refractivity contribution in [2.24, 2.45) is 0 Å². The first kappa shape index (κ1) is 12.6. The summed E-state index contributed by atoms with van der Waals surface area (Å²) in [6, 6.07) is 3.63. The van der Waals surface area contributed by atoms with E-state index >= 15 is 0 Å². The SMILES string of the molecule is CC(NCCO)c1cc(Cl)c(N)c(Cl)c1. The lowest BCUT2D eigenvalue weighted by molar-refractivity contribution is 0.286. The van der Waals surface area contributed by atoms with Gasteiger partial charge in [0.05, 0.1) is 22.3 Å². The number of rotatable bonds is 4. The monoisotopic (exact) mass is 248 g/mol. The maximum Gasteiger partial charge on any atom is 0.0693 e. The topological polar surface area (TPSA) is 58.3 Å². The first-order chi connectivity index (χ1) is 7.06. The number of aliphatic hydroxyl groups is 1. The third-order valence-corrected chi connectivity index (χ3v) is 2.79. The number of hydrogen-bond donors (Lipinski definition) is 3. The van der Waals surface area contributed by atoms with E-state index in [1.54, 1.807) is 12.1 Å². The summed E-state index contributed by atoms with van der Waals surface area (Å²) in [5.41, 5.74) is 6.98. The first-order valence-corrected chi connectivity index (χ1v) is 5.40. The smallest absolute Gasteiger partial charge is 0.0693 e. The van der Waals surface area contributed by atoms with Gasteiger partial charge in [0, 0.05) is 12.6 Å². The highest BCUT2D eigenvalue weighted by atomic mass is 35.5. The maximum absolute atomic E-state index is 8.68. The average Bonchev–Trinajstić information content (AvgIpc) is 2.21. The minimum absolute atomic E-state index is 0.0766. The van der Waals surface area contributed by atoms with Crippen LogP contribution in [0.5, 0.6) is 0 Å². The molecule has 0 radical (unpaired) electrons. The zero-order valence-electron chi connectivity index (χ0n) is 8.43. The molecule has 1 rings (SSSR count). The molecule has 0 aliphatic rings. The van der Waals surface area contributed by atoms with Crippen molar-refractivity contribution in [1.29, 1.82) is 0 Å². The van der Waals surface area contributed by atoms with Crippen molar-refractivity contribution < 1.29 is 5.11 Å². The lowest BCUT2D eigenvalue weighted by atomic mass is 10.1. The Kier molecular flexibility index (Phi) is 4.67. The van der Waals surface area contributed by atoms with Gasteiger partial charge in [-0.3, -0.25) is 0 Å². The zero-order valence-corrected chi connectivity index (χ0v) is 9.94. The molecule has 4 N–H and O–H groups in total. The van der Waals surface area contributed by atoms with Crippen LogP contribution in [0.1, 0.15) is 18.5 Å². The van der Waals surface area contributed by atoms with Gasteiger partial charge < -0.3 is 16.2 Å². The van der Waals surface area contributed by atoms with Crippen molar-refractivity contribution in [1.82, 2.24) is 5.32 Å². The van der Waals surface area contributed by atoms with Crippen LogP contribution in [-0.4, -0.2) is 18.3 Å². The molecule has 0 aromatic heterocycles. The van der Waals surface area contributed by atoms with E-state index in [1.807, 2.05) is 6.92 Å². The number of aliphatic hydroxyl groups excluding tert-OH is 1. The number of nitrogens with one attached hydrogen (secondary N) is 1. The number of benzene rings is 1. The Bertz CT molecular complexity index is 321.